The van der Waals surface area contributed by atoms with Gasteiger partial charge >= 0.3 is 0 Å². The first-order valence-electron chi connectivity index (χ1n) is 6.15. The van der Waals surface area contributed by atoms with Crippen LogP contribution in [-0.2, 0) is 6.42 Å². The molecule has 0 saturated carbocycles. The first-order valence-corrected chi connectivity index (χ1v) is 7.84. The van der Waals surface area contributed by atoms with Crippen molar-refractivity contribution in [1.29, 1.82) is 0 Å². The van der Waals surface area contributed by atoms with Crippen LogP contribution < -0.4 is 5.32 Å². The normalized spacial score (nSPS) is 12.9. The zero-order valence-electron chi connectivity index (χ0n) is 10.5. The molecule has 0 spiro atoms. The van der Waals surface area contributed by atoms with Crippen LogP contribution in [0.1, 0.15) is 16.5 Å². The Hall–Kier alpha value is -1.23. The quantitative estimate of drug-likeness (QED) is 0.740. The van der Waals surface area contributed by atoms with E-state index < -0.39 is 0 Å². The maximum Gasteiger partial charge on any atom is 0.123 e. The van der Waals surface area contributed by atoms with E-state index in [1.165, 1.54) is 26.4 Å². The highest BCUT2D eigenvalue weighted by atomic mass is 32.1. The Morgan fingerprint density at radius 3 is 2.63 bits per heavy atom. The van der Waals surface area contributed by atoms with Gasteiger partial charge in [-0.25, -0.2) is 4.39 Å². The number of likely N-dealkylation sites (N-methyl/N-ethyl adjacent to an activating group) is 1. The van der Waals surface area contributed by atoms with E-state index in [1.807, 2.05) is 30.5 Å². The first kappa shape index (κ1) is 12.8. The fourth-order valence-electron chi connectivity index (χ4n) is 2.16. The van der Waals surface area contributed by atoms with Crippen LogP contribution in [0.2, 0.25) is 0 Å². The van der Waals surface area contributed by atoms with Gasteiger partial charge in [0.2, 0.25) is 0 Å². The fourth-order valence-corrected chi connectivity index (χ4v) is 4.39. The van der Waals surface area contributed by atoms with E-state index >= 15 is 0 Å². The third-order valence-corrected chi connectivity index (χ3v) is 5.41. The third kappa shape index (κ3) is 2.71. The van der Waals surface area contributed by atoms with Crippen molar-refractivity contribution >= 4 is 32.1 Å². The number of halogens is 1. The topological polar surface area (TPSA) is 12.0 Å². The standard InChI is InChI=1S/C15H14FNS2/c1-17-12(8-10-2-4-11(16)5-3-10)14-9-15-13(19-14)6-7-18-15/h2-7,9,12,17H,8H2,1H3. The van der Waals surface area contributed by atoms with Gasteiger partial charge in [0.15, 0.2) is 0 Å². The molecule has 19 heavy (non-hydrogen) atoms. The highest BCUT2D eigenvalue weighted by Gasteiger charge is 2.14. The molecule has 1 unspecified atom stereocenters. The van der Waals surface area contributed by atoms with E-state index in [1.54, 1.807) is 11.3 Å². The molecular formula is C15H14FNS2. The van der Waals surface area contributed by atoms with Crippen molar-refractivity contribution in [2.75, 3.05) is 7.05 Å². The van der Waals surface area contributed by atoms with E-state index in [2.05, 4.69) is 22.8 Å². The second-order valence-electron chi connectivity index (χ2n) is 4.47. The Bertz CT molecular complexity index is 640. The van der Waals surface area contributed by atoms with Crippen molar-refractivity contribution in [2.24, 2.45) is 0 Å². The van der Waals surface area contributed by atoms with Crippen LogP contribution in [0.15, 0.2) is 41.8 Å². The van der Waals surface area contributed by atoms with Crippen LogP contribution >= 0.6 is 22.7 Å². The average Bonchev–Trinajstić information content (AvgIpc) is 2.99. The molecule has 4 heteroatoms. The van der Waals surface area contributed by atoms with Crippen molar-refractivity contribution in [3.8, 4) is 0 Å². The Kier molecular flexibility index (Phi) is 3.64. The predicted octanol–water partition coefficient (Wildman–Crippen LogP) is 4.61. The number of hydrogen-bond donors (Lipinski definition) is 1. The highest BCUT2D eigenvalue weighted by molar-refractivity contribution is 7.26. The van der Waals surface area contributed by atoms with Gasteiger partial charge in [0.1, 0.15) is 5.82 Å². The molecule has 3 aromatic rings. The minimum absolute atomic E-state index is 0.179. The van der Waals surface area contributed by atoms with Gasteiger partial charge in [-0.3, -0.25) is 0 Å². The molecule has 0 aliphatic carbocycles. The zero-order chi connectivity index (χ0) is 13.2. The Morgan fingerprint density at radius 2 is 1.95 bits per heavy atom. The minimum atomic E-state index is -0.179. The molecule has 0 aliphatic rings. The van der Waals surface area contributed by atoms with Gasteiger partial charge in [0.05, 0.1) is 0 Å². The smallest absolute Gasteiger partial charge is 0.123 e. The largest absolute Gasteiger partial charge is 0.312 e. The number of rotatable bonds is 4. The number of benzene rings is 1. The minimum Gasteiger partial charge on any atom is -0.312 e. The summed E-state index contributed by atoms with van der Waals surface area (Å²) in [5.74, 6) is -0.179. The molecule has 2 heterocycles. The Balaban J connectivity index is 1.84. The maximum atomic E-state index is 12.9. The molecule has 1 atom stereocenters. The van der Waals surface area contributed by atoms with Crippen LogP contribution in [0, 0.1) is 5.82 Å². The van der Waals surface area contributed by atoms with E-state index in [0.717, 1.165) is 12.0 Å². The molecule has 0 radical (unpaired) electrons. The van der Waals surface area contributed by atoms with Gasteiger partial charge in [0, 0.05) is 20.3 Å². The summed E-state index contributed by atoms with van der Waals surface area (Å²) in [4.78, 5) is 1.34. The van der Waals surface area contributed by atoms with E-state index in [-0.39, 0.29) is 11.9 Å². The van der Waals surface area contributed by atoms with Gasteiger partial charge in [-0.15, -0.1) is 22.7 Å². The van der Waals surface area contributed by atoms with Gasteiger partial charge < -0.3 is 5.32 Å². The second kappa shape index (κ2) is 5.41. The molecular weight excluding hydrogens is 277 g/mol. The molecule has 1 aromatic carbocycles. The van der Waals surface area contributed by atoms with Gasteiger partial charge in [-0.2, -0.15) is 0 Å². The lowest BCUT2D eigenvalue weighted by molar-refractivity contribution is 0.598. The summed E-state index contributed by atoms with van der Waals surface area (Å²) in [6.07, 6.45) is 0.880. The molecule has 98 valence electrons. The van der Waals surface area contributed by atoms with Gasteiger partial charge in [0.25, 0.3) is 0 Å². The molecule has 0 saturated heterocycles. The van der Waals surface area contributed by atoms with Crippen molar-refractivity contribution in [1.82, 2.24) is 5.32 Å². The molecule has 1 N–H and O–H groups in total. The van der Waals surface area contributed by atoms with Crippen molar-refractivity contribution < 1.29 is 4.39 Å². The average molecular weight is 291 g/mol. The Labute approximate surface area is 119 Å². The van der Waals surface area contributed by atoms with Crippen LogP contribution in [0.3, 0.4) is 0 Å². The van der Waals surface area contributed by atoms with Crippen molar-refractivity contribution in [2.45, 2.75) is 12.5 Å². The number of thiophene rings is 2. The summed E-state index contributed by atoms with van der Waals surface area (Å²) in [5, 5.41) is 5.48. The molecule has 2 aromatic heterocycles. The lowest BCUT2D eigenvalue weighted by atomic mass is 10.0. The number of fused-ring (bicyclic) bond motifs is 1. The lowest BCUT2D eigenvalue weighted by Gasteiger charge is -2.14. The van der Waals surface area contributed by atoms with E-state index in [4.69, 9.17) is 0 Å². The van der Waals surface area contributed by atoms with Gasteiger partial charge in [-0.1, -0.05) is 12.1 Å². The van der Waals surface area contributed by atoms with E-state index in [9.17, 15) is 4.39 Å². The molecule has 0 amide bonds. The highest BCUT2D eigenvalue weighted by Crippen LogP contribution is 2.34. The maximum absolute atomic E-state index is 12.9. The van der Waals surface area contributed by atoms with Crippen LogP contribution in [0.4, 0.5) is 4.39 Å². The number of hydrogen-bond acceptors (Lipinski definition) is 3. The first-order chi connectivity index (χ1) is 9.26. The molecule has 3 rings (SSSR count). The summed E-state index contributed by atoms with van der Waals surface area (Å²) in [5.41, 5.74) is 1.15. The summed E-state index contributed by atoms with van der Waals surface area (Å²) in [6.45, 7) is 0. The van der Waals surface area contributed by atoms with Crippen molar-refractivity contribution in [3.05, 3.63) is 58.0 Å². The predicted molar refractivity (Wildman–Crippen MR) is 81.6 cm³/mol. The van der Waals surface area contributed by atoms with Crippen LogP contribution in [0.5, 0.6) is 0 Å². The van der Waals surface area contributed by atoms with Crippen molar-refractivity contribution in [3.63, 3.8) is 0 Å². The fraction of sp³-hybridized carbons (Fsp3) is 0.200. The molecule has 0 aliphatic heterocycles. The summed E-state index contributed by atoms with van der Waals surface area (Å²) in [6, 6.07) is 11.5. The summed E-state index contributed by atoms with van der Waals surface area (Å²) < 4.78 is 15.6. The number of nitrogens with one attached hydrogen (secondary N) is 1. The van der Waals surface area contributed by atoms with Crippen LogP contribution in [0.25, 0.3) is 9.40 Å². The van der Waals surface area contributed by atoms with E-state index in [0.29, 0.717) is 0 Å². The molecule has 0 fully saturated rings. The monoisotopic (exact) mass is 291 g/mol. The molecule has 1 nitrogen and oxygen atoms in total. The van der Waals surface area contributed by atoms with Crippen LogP contribution in [-0.4, -0.2) is 7.05 Å². The second-order valence-corrected chi connectivity index (χ2v) is 6.53. The lowest BCUT2D eigenvalue weighted by Crippen LogP contribution is -2.17. The Morgan fingerprint density at radius 1 is 1.16 bits per heavy atom. The van der Waals surface area contributed by atoms with Gasteiger partial charge in [-0.05, 0) is 48.7 Å². The summed E-state index contributed by atoms with van der Waals surface area (Å²) >= 11 is 3.61. The summed E-state index contributed by atoms with van der Waals surface area (Å²) in [7, 11) is 1.97. The third-order valence-electron chi connectivity index (χ3n) is 3.20. The zero-order valence-corrected chi connectivity index (χ0v) is 12.2. The SMILES string of the molecule is CNC(Cc1ccc(F)cc1)c1cc2sccc2s1. The molecule has 0 bridgehead atoms.